The van der Waals surface area contributed by atoms with E-state index < -0.39 is 0 Å². The molecule has 0 unspecified atom stereocenters. The molecule has 3 N–H and O–H groups in total. The lowest BCUT2D eigenvalue weighted by Crippen LogP contribution is -2.18. The Morgan fingerprint density at radius 2 is 1.80 bits per heavy atom. The van der Waals surface area contributed by atoms with E-state index in [1.54, 1.807) is 18.6 Å². The third kappa shape index (κ3) is 4.73. The summed E-state index contributed by atoms with van der Waals surface area (Å²) in [4.78, 5) is 29.8. The highest BCUT2D eigenvalue weighted by atomic mass is 16.1. The molecule has 0 atom stereocenters. The maximum Gasteiger partial charge on any atom is 0.224 e. The van der Waals surface area contributed by atoms with Crippen LogP contribution in [0.4, 0.5) is 5.69 Å². The number of aromatic amines is 2. The fourth-order valence-electron chi connectivity index (χ4n) is 5.83. The van der Waals surface area contributed by atoms with E-state index in [9.17, 15) is 4.79 Å². The summed E-state index contributed by atoms with van der Waals surface area (Å²) in [6, 6.07) is 18.3. The van der Waals surface area contributed by atoms with Crippen molar-refractivity contribution >= 4 is 33.5 Å². The van der Waals surface area contributed by atoms with Crippen molar-refractivity contribution in [2.24, 2.45) is 5.92 Å². The van der Waals surface area contributed by atoms with E-state index in [1.165, 1.54) is 19.3 Å². The Hall–Kier alpha value is -4.85. The number of nitrogens with one attached hydrogen (secondary N) is 3. The number of hydrogen-bond acceptors (Lipinski definition) is 5. The number of benzene rings is 1. The lowest BCUT2D eigenvalue weighted by molar-refractivity contribution is -0.117. The van der Waals surface area contributed by atoms with Gasteiger partial charge in [0.25, 0.3) is 0 Å². The largest absolute Gasteiger partial charge is 0.353 e. The van der Waals surface area contributed by atoms with Crippen LogP contribution in [0.3, 0.4) is 0 Å². The second-order valence-corrected chi connectivity index (χ2v) is 10.6. The highest BCUT2D eigenvalue weighted by Gasteiger charge is 2.18. The van der Waals surface area contributed by atoms with Crippen LogP contribution in [0.1, 0.15) is 38.5 Å². The molecule has 0 radical (unpaired) electrons. The third-order valence-electron chi connectivity index (χ3n) is 7.84. The number of H-pyrrole nitrogens is 2. The van der Waals surface area contributed by atoms with Gasteiger partial charge in [0, 0.05) is 58.0 Å². The first-order valence-corrected chi connectivity index (χ1v) is 13.8. The molecule has 1 fully saturated rings. The molecule has 8 heteroatoms. The van der Waals surface area contributed by atoms with Crippen LogP contribution in [0.15, 0.2) is 79.4 Å². The number of fused-ring (bicyclic) bond motifs is 2. The maximum absolute atomic E-state index is 12.7. The van der Waals surface area contributed by atoms with Crippen molar-refractivity contribution in [3.05, 3.63) is 79.4 Å². The topological polar surface area (TPSA) is 112 Å². The molecule has 1 aliphatic rings. The van der Waals surface area contributed by atoms with Gasteiger partial charge in [-0.15, -0.1) is 0 Å². The van der Waals surface area contributed by atoms with Gasteiger partial charge in [-0.25, -0.2) is 4.98 Å². The molecule has 0 aliphatic heterocycles. The van der Waals surface area contributed by atoms with Gasteiger partial charge in [-0.2, -0.15) is 5.10 Å². The number of pyridine rings is 3. The summed E-state index contributed by atoms with van der Waals surface area (Å²) >= 11 is 0. The van der Waals surface area contributed by atoms with Crippen LogP contribution in [0, 0.1) is 5.92 Å². The summed E-state index contributed by atoms with van der Waals surface area (Å²) < 4.78 is 0. The Labute approximate surface area is 231 Å². The monoisotopic (exact) mass is 527 g/mol. The Bertz CT molecular complexity index is 1820. The van der Waals surface area contributed by atoms with Crippen molar-refractivity contribution < 1.29 is 4.79 Å². The summed E-state index contributed by atoms with van der Waals surface area (Å²) in [5.41, 5.74) is 7.90. The standard InChI is InChI=1S/C32H29N7O/c40-30(13-20-7-2-1-3-8-20)36-23-14-21(17-33-19-23)22-15-26-31(38-39-32(26)35-18-22)29-16-25-24(9-6-11-28(25)37-29)27-10-4-5-12-34-27/h4-6,9-12,14-20,37H,1-3,7-8,13H2,(H,36,40)(H,35,38,39). The van der Waals surface area contributed by atoms with Crippen LogP contribution in [-0.4, -0.2) is 36.0 Å². The minimum absolute atomic E-state index is 0.0560. The number of amides is 1. The zero-order valence-corrected chi connectivity index (χ0v) is 22.0. The number of anilines is 1. The Morgan fingerprint density at radius 3 is 2.67 bits per heavy atom. The van der Waals surface area contributed by atoms with Crippen LogP contribution in [0.2, 0.25) is 0 Å². The van der Waals surface area contributed by atoms with Gasteiger partial charge < -0.3 is 10.3 Å². The van der Waals surface area contributed by atoms with Crippen molar-refractivity contribution in [1.82, 2.24) is 30.1 Å². The zero-order valence-electron chi connectivity index (χ0n) is 22.0. The minimum atomic E-state index is 0.0560. The molecule has 7 rings (SSSR count). The first kappa shape index (κ1) is 24.2. The van der Waals surface area contributed by atoms with Gasteiger partial charge in [0.1, 0.15) is 0 Å². The molecular formula is C32H29N7O. The number of carbonyl (C=O) groups excluding carboxylic acids is 1. The molecule has 1 aromatic carbocycles. The smallest absolute Gasteiger partial charge is 0.224 e. The molecule has 6 aromatic rings. The van der Waals surface area contributed by atoms with Crippen LogP contribution in [-0.2, 0) is 4.79 Å². The zero-order chi connectivity index (χ0) is 26.9. The van der Waals surface area contributed by atoms with Gasteiger partial charge in [0.15, 0.2) is 5.65 Å². The molecular weight excluding hydrogens is 498 g/mol. The minimum Gasteiger partial charge on any atom is -0.353 e. The molecule has 0 spiro atoms. The third-order valence-corrected chi connectivity index (χ3v) is 7.84. The number of nitrogens with zero attached hydrogens (tertiary/aromatic N) is 4. The molecule has 1 aliphatic carbocycles. The molecule has 1 saturated carbocycles. The molecule has 5 aromatic heterocycles. The van der Waals surface area contributed by atoms with E-state index in [0.717, 1.165) is 62.9 Å². The average molecular weight is 528 g/mol. The van der Waals surface area contributed by atoms with Crippen molar-refractivity contribution in [2.75, 3.05) is 5.32 Å². The van der Waals surface area contributed by atoms with E-state index in [2.05, 4.69) is 59.7 Å². The number of rotatable bonds is 6. The lowest BCUT2D eigenvalue weighted by Gasteiger charge is -2.20. The Kier molecular flexibility index (Phi) is 6.28. The van der Waals surface area contributed by atoms with E-state index in [1.807, 2.05) is 36.5 Å². The summed E-state index contributed by atoms with van der Waals surface area (Å²) in [5.74, 6) is 0.543. The highest BCUT2D eigenvalue weighted by molar-refractivity contribution is 6.00. The predicted molar refractivity (Wildman–Crippen MR) is 157 cm³/mol. The highest BCUT2D eigenvalue weighted by Crippen LogP contribution is 2.34. The van der Waals surface area contributed by atoms with Gasteiger partial charge in [0.2, 0.25) is 5.91 Å². The average Bonchev–Trinajstić information content (AvgIpc) is 3.62. The Morgan fingerprint density at radius 1 is 0.900 bits per heavy atom. The van der Waals surface area contributed by atoms with Crippen molar-refractivity contribution in [1.29, 1.82) is 0 Å². The molecule has 198 valence electrons. The number of hydrogen-bond donors (Lipinski definition) is 3. The van der Waals surface area contributed by atoms with Gasteiger partial charge in [-0.3, -0.25) is 19.9 Å². The van der Waals surface area contributed by atoms with E-state index in [4.69, 9.17) is 0 Å². The molecule has 0 saturated heterocycles. The van der Waals surface area contributed by atoms with Crippen LogP contribution in [0.25, 0.3) is 55.7 Å². The first-order chi connectivity index (χ1) is 19.7. The van der Waals surface area contributed by atoms with Crippen molar-refractivity contribution in [2.45, 2.75) is 38.5 Å². The van der Waals surface area contributed by atoms with E-state index in [0.29, 0.717) is 23.7 Å². The summed E-state index contributed by atoms with van der Waals surface area (Å²) in [7, 11) is 0. The molecule has 0 bridgehead atoms. The van der Waals surface area contributed by atoms with Gasteiger partial charge in [0.05, 0.1) is 29.0 Å². The maximum atomic E-state index is 12.7. The normalized spacial score (nSPS) is 14.1. The van der Waals surface area contributed by atoms with Crippen LogP contribution < -0.4 is 5.32 Å². The van der Waals surface area contributed by atoms with Crippen LogP contribution in [0.5, 0.6) is 0 Å². The fraction of sp³-hybridized carbons (Fsp3) is 0.219. The lowest BCUT2D eigenvalue weighted by atomic mass is 9.87. The predicted octanol–water partition coefficient (Wildman–Crippen LogP) is 7.14. The molecule has 1 amide bonds. The molecule has 40 heavy (non-hydrogen) atoms. The SMILES string of the molecule is O=C(CC1CCCCC1)Nc1cncc(-c2cnc3n[nH]c(-c4cc5c(-c6ccccn6)cccc5[nH]4)c3c2)c1. The number of aromatic nitrogens is 6. The van der Waals surface area contributed by atoms with E-state index >= 15 is 0 Å². The quantitative estimate of drug-likeness (QED) is 0.213. The van der Waals surface area contributed by atoms with Crippen LogP contribution >= 0.6 is 0 Å². The first-order valence-electron chi connectivity index (χ1n) is 13.8. The second-order valence-electron chi connectivity index (χ2n) is 10.6. The van der Waals surface area contributed by atoms with Crippen molar-refractivity contribution in [3.63, 3.8) is 0 Å². The van der Waals surface area contributed by atoms with Gasteiger partial charge in [-0.05, 0) is 55.2 Å². The second kappa shape index (κ2) is 10.4. The van der Waals surface area contributed by atoms with E-state index in [-0.39, 0.29) is 5.91 Å². The molecule has 5 heterocycles. The van der Waals surface area contributed by atoms with Crippen molar-refractivity contribution in [3.8, 4) is 33.8 Å². The summed E-state index contributed by atoms with van der Waals surface area (Å²) in [5, 5.41) is 12.7. The molecule has 8 nitrogen and oxygen atoms in total. The summed E-state index contributed by atoms with van der Waals surface area (Å²) in [6.07, 6.45) is 13.7. The van der Waals surface area contributed by atoms with Gasteiger partial charge in [-0.1, -0.05) is 37.5 Å². The van der Waals surface area contributed by atoms with Gasteiger partial charge >= 0.3 is 0 Å². The number of carbonyl (C=O) groups is 1. The fourth-order valence-corrected chi connectivity index (χ4v) is 5.83. The summed E-state index contributed by atoms with van der Waals surface area (Å²) in [6.45, 7) is 0. The Balaban J connectivity index is 1.19.